The summed E-state index contributed by atoms with van der Waals surface area (Å²) >= 11 is 0. The molecule has 1 aliphatic heterocycles. The van der Waals surface area contributed by atoms with Gasteiger partial charge >= 0.3 is 0 Å². The van der Waals surface area contributed by atoms with Crippen molar-refractivity contribution in [3.05, 3.63) is 53.6 Å². The van der Waals surface area contributed by atoms with Crippen LogP contribution in [0.5, 0.6) is 17.2 Å². The summed E-state index contributed by atoms with van der Waals surface area (Å²) in [6.45, 7) is 1.21. The summed E-state index contributed by atoms with van der Waals surface area (Å²) in [4.78, 5) is 4.61. The molecule has 0 fully saturated rings. The molecule has 1 heterocycles. The molecule has 0 aliphatic carbocycles. The van der Waals surface area contributed by atoms with Gasteiger partial charge in [-0.1, -0.05) is 18.2 Å². The van der Waals surface area contributed by atoms with Crippen molar-refractivity contribution in [2.75, 3.05) is 27.4 Å². The smallest absolute Gasteiger partial charge is 0.161 e. The number of fused-ring (bicyclic) bond motifs is 1. The fourth-order valence-electron chi connectivity index (χ4n) is 2.57. The molecule has 0 bridgehead atoms. The minimum atomic E-state index is 0.417. The van der Waals surface area contributed by atoms with Gasteiger partial charge in [0.15, 0.2) is 11.5 Å². The predicted molar refractivity (Wildman–Crippen MR) is 86.6 cm³/mol. The van der Waals surface area contributed by atoms with E-state index in [9.17, 15) is 0 Å². The van der Waals surface area contributed by atoms with Crippen LogP contribution in [0, 0.1) is 0 Å². The molecule has 2 aromatic rings. The van der Waals surface area contributed by atoms with Crippen LogP contribution < -0.4 is 14.2 Å². The van der Waals surface area contributed by atoms with Gasteiger partial charge in [-0.05, 0) is 36.2 Å². The van der Waals surface area contributed by atoms with Gasteiger partial charge in [-0.2, -0.15) is 0 Å². The zero-order valence-corrected chi connectivity index (χ0v) is 12.8. The van der Waals surface area contributed by atoms with Crippen LogP contribution in [-0.4, -0.2) is 33.1 Å². The predicted octanol–water partition coefficient (Wildman–Crippen LogP) is 3.13. The van der Waals surface area contributed by atoms with E-state index in [4.69, 9.17) is 14.2 Å². The van der Waals surface area contributed by atoms with Gasteiger partial charge in [0.05, 0.1) is 19.9 Å². The number of para-hydroxylation sites is 2. The quantitative estimate of drug-likeness (QED) is 0.851. The highest BCUT2D eigenvalue weighted by molar-refractivity contribution is 6.04. The van der Waals surface area contributed by atoms with Crippen molar-refractivity contribution in [2.45, 2.75) is 6.42 Å². The van der Waals surface area contributed by atoms with E-state index >= 15 is 0 Å². The first-order valence-corrected chi connectivity index (χ1v) is 7.28. The first-order valence-electron chi connectivity index (χ1n) is 7.28. The van der Waals surface area contributed by atoms with E-state index in [2.05, 4.69) is 11.1 Å². The van der Waals surface area contributed by atoms with Crippen LogP contribution in [0.1, 0.15) is 11.1 Å². The normalized spacial score (nSPS) is 13.1. The molecule has 0 spiro atoms. The lowest BCUT2D eigenvalue weighted by Crippen LogP contribution is -2.20. The van der Waals surface area contributed by atoms with E-state index in [1.807, 2.05) is 36.4 Å². The van der Waals surface area contributed by atoms with Crippen LogP contribution in [0.15, 0.2) is 47.5 Å². The maximum Gasteiger partial charge on any atom is 0.161 e. The zero-order chi connectivity index (χ0) is 15.4. The molecule has 0 amide bonds. The SMILES string of the molecule is COc1ccc2c(c1)C(COc1ccccc1OC)=NCC2. The highest BCUT2D eigenvalue weighted by atomic mass is 16.5. The number of benzene rings is 2. The lowest BCUT2D eigenvalue weighted by Gasteiger charge is -2.18. The Morgan fingerprint density at radius 3 is 2.59 bits per heavy atom. The molecule has 0 aromatic heterocycles. The van der Waals surface area contributed by atoms with Gasteiger partial charge < -0.3 is 14.2 Å². The Kier molecular flexibility index (Phi) is 4.28. The fraction of sp³-hybridized carbons (Fsp3) is 0.278. The van der Waals surface area contributed by atoms with Crippen molar-refractivity contribution >= 4 is 5.71 Å². The highest BCUT2D eigenvalue weighted by Gasteiger charge is 2.16. The highest BCUT2D eigenvalue weighted by Crippen LogP contribution is 2.27. The summed E-state index contributed by atoms with van der Waals surface area (Å²) < 4.78 is 16.5. The summed E-state index contributed by atoms with van der Waals surface area (Å²) in [5.74, 6) is 2.29. The lowest BCUT2D eigenvalue weighted by atomic mass is 9.97. The maximum atomic E-state index is 5.90. The van der Waals surface area contributed by atoms with E-state index in [-0.39, 0.29) is 0 Å². The number of methoxy groups -OCH3 is 2. The van der Waals surface area contributed by atoms with E-state index in [1.165, 1.54) is 5.56 Å². The third-order valence-corrected chi connectivity index (χ3v) is 3.75. The van der Waals surface area contributed by atoms with E-state index < -0.39 is 0 Å². The van der Waals surface area contributed by atoms with Crippen molar-refractivity contribution in [1.29, 1.82) is 0 Å². The Bertz CT molecular complexity index is 694. The molecular formula is C18H19NO3. The average molecular weight is 297 g/mol. The molecule has 0 unspecified atom stereocenters. The van der Waals surface area contributed by atoms with Gasteiger partial charge in [-0.3, -0.25) is 4.99 Å². The van der Waals surface area contributed by atoms with Crippen molar-refractivity contribution in [1.82, 2.24) is 0 Å². The minimum absolute atomic E-state index is 0.417. The molecule has 0 saturated heterocycles. The molecular weight excluding hydrogens is 278 g/mol. The summed E-state index contributed by atoms with van der Waals surface area (Å²) in [6, 6.07) is 13.7. The van der Waals surface area contributed by atoms with Gasteiger partial charge in [-0.15, -0.1) is 0 Å². The van der Waals surface area contributed by atoms with Crippen molar-refractivity contribution in [2.24, 2.45) is 4.99 Å². The van der Waals surface area contributed by atoms with Crippen molar-refractivity contribution in [3.63, 3.8) is 0 Å². The standard InChI is InChI=1S/C18H19NO3/c1-20-14-8-7-13-9-10-19-16(15(13)11-14)12-22-18-6-4-3-5-17(18)21-2/h3-8,11H,9-10,12H2,1-2H3. The number of aliphatic imine (C=N–C) groups is 1. The third-order valence-electron chi connectivity index (χ3n) is 3.75. The number of nitrogens with zero attached hydrogens (tertiary/aromatic N) is 1. The molecule has 0 saturated carbocycles. The topological polar surface area (TPSA) is 40.0 Å². The van der Waals surface area contributed by atoms with Gasteiger partial charge in [0, 0.05) is 12.1 Å². The molecule has 0 N–H and O–H groups in total. The second-order valence-corrected chi connectivity index (χ2v) is 5.04. The number of hydrogen-bond donors (Lipinski definition) is 0. The van der Waals surface area contributed by atoms with Gasteiger partial charge in [0.25, 0.3) is 0 Å². The number of hydrogen-bond acceptors (Lipinski definition) is 4. The summed E-state index contributed by atoms with van der Waals surface area (Å²) in [6.07, 6.45) is 0.956. The minimum Gasteiger partial charge on any atom is -0.497 e. The van der Waals surface area contributed by atoms with Crippen LogP contribution in [0.3, 0.4) is 0 Å². The van der Waals surface area contributed by atoms with Crippen LogP contribution in [0.4, 0.5) is 0 Å². The largest absolute Gasteiger partial charge is 0.497 e. The Balaban J connectivity index is 1.80. The molecule has 3 rings (SSSR count). The van der Waals surface area contributed by atoms with Crippen LogP contribution in [0.2, 0.25) is 0 Å². The number of ether oxygens (including phenoxy) is 3. The molecule has 0 atom stereocenters. The second kappa shape index (κ2) is 6.52. The monoisotopic (exact) mass is 297 g/mol. The van der Waals surface area contributed by atoms with E-state index in [0.717, 1.165) is 41.5 Å². The molecule has 114 valence electrons. The molecule has 0 radical (unpaired) electrons. The summed E-state index contributed by atoms with van der Waals surface area (Å²) in [7, 11) is 3.31. The Hall–Kier alpha value is -2.49. The molecule has 4 nitrogen and oxygen atoms in total. The Labute approximate surface area is 130 Å². The summed E-state index contributed by atoms with van der Waals surface area (Å²) in [5.41, 5.74) is 3.35. The fourth-order valence-corrected chi connectivity index (χ4v) is 2.57. The van der Waals surface area contributed by atoms with Gasteiger partial charge in [0.1, 0.15) is 12.4 Å². The lowest BCUT2D eigenvalue weighted by molar-refractivity contribution is 0.334. The zero-order valence-electron chi connectivity index (χ0n) is 12.8. The van der Waals surface area contributed by atoms with E-state index in [0.29, 0.717) is 6.61 Å². The molecule has 22 heavy (non-hydrogen) atoms. The van der Waals surface area contributed by atoms with Crippen molar-refractivity contribution in [3.8, 4) is 17.2 Å². The molecule has 4 heteroatoms. The van der Waals surface area contributed by atoms with Gasteiger partial charge in [0.2, 0.25) is 0 Å². The maximum absolute atomic E-state index is 5.90. The third kappa shape index (κ3) is 2.91. The summed E-state index contributed by atoms with van der Waals surface area (Å²) in [5, 5.41) is 0. The first kappa shape index (κ1) is 14.4. The van der Waals surface area contributed by atoms with Gasteiger partial charge in [-0.25, -0.2) is 0 Å². The molecule has 2 aromatic carbocycles. The van der Waals surface area contributed by atoms with Crippen LogP contribution in [-0.2, 0) is 6.42 Å². The van der Waals surface area contributed by atoms with E-state index in [1.54, 1.807) is 14.2 Å². The Morgan fingerprint density at radius 1 is 1.00 bits per heavy atom. The Morgan fingerprint density at radius 2 is 1.82 bits per heavy atom. The second-order valence-electron chi connectivity index (χ2n) is 5.04. The average Bonchev–Trinajstić information content (AvgIpc) is 2.59. The van der Waals surface area contributed by atoms with Crippen LogP contribution >= 0.6 is 0 Å². The molecule has 1 aliphatic rings. The van der Waals surface area contributed by atoms with Crippen LogP contribution in [0.25, 0.3) is 0 Å². The first-order chi connectivity index (χ1) is 10.8. The number of rotatable bonds is 5. The van der Waals surface area contributed by atoms with Crippen molar-refractivity contribution < 1.29 is 14.2 Å².